The quantitative estimate of drug-likeness (QED) is 0.518. The molecule has 50 valence electrons. The molecule has 0 saturated carbocycles. The number of nitrogens with one attached hydrogen (secondary N) is 2. The molecule has 1 rings (SSSR count). The molecule has 0 bridgehead atoms. The van der Waals surface area contributed by atoms with E-state index < -0.39 is 0 Å². The average Bonchev–Trinajstić information content (AvgIpc) is 2.17. The van der Waals surface area contributed by atoms with Gasteiger partial charge in [-0.05, 0) is 6.92 Å². The number of hydrogen-bond donors (Lipinski definition) is 3. The first-order valence-corrected chi connectivity index (χ1v) is 3.05. The van der Waals surface area contributed by atoms with Gasteiger partial charge < -0.3 is 0 Å². The molecule has 0 atom stereocenters. The Kier molecular flexibility index (Phi) is 1.93. The topological polar surface area (TPSA) is 70.1 Å². The SMILES string of the molecule is Cc1nsc(NNO)n1. The van der Waals surface area contributed by atoms with Crippen LogP contribution < -0.4 is 11.0 Å². The standard InChI is InChI=1S/C3H6N4OS/c1-2-4-3(5-7-8)9-6-2/h7-8H,1H3,(H,4,5,6). The van der Waals surface area contributed by atoms with Crippen molar-refractivity contribution in [2.45, 2.75) is 6.92 Å². The van der Waals surface area contributed by atoms with Gasteiger partial charge in [-0.15, -0.1) is 5.59 Å². The van der Waals surface area contributed by atoms with Crippen LogP contribution in [-0.2, 0) is 0 Å². The minimum absolute atomic E-state index is 0.551. The number of hydrazine groups is 1. The molecule has 0 aromatic carbocycles. The summed E-state index contributed by atoms with van der Waals surface area (Å²) in [7, 11) is 0. The van der Waals surface area contributed by atoms with Crippen LogP contribution in [0.4, 0.5) is 5.13 Å². The highest BCUT2D eigenvalue weighted by molar-refractivity contribution is 7.09. The first-order valence-electron chi connectivity index (χ1n) is 2.28. The van der Waals surface area contributed by atoms with Crippen LogP contribution in [0.5, 0.6) is 0 Å². The van der Waals surface area contributed by atoms with E-state index in [1.165, 1.54) is 11.5 Å². The van der Waals surface area contributed by atoms with Crippen LogP contribution in [0.1, 0.15) is 5.82 Å². The van der Waals surface area contributed by atoms with Crippen LogP contribution in [0.25, 0.3) is 0 Å². The number of hydrogen-bond acceptors (Lipinski definition) is 6. The number of rotatable bonds is 2. The molecule has 0 unspecified atom stereocenters. The van der Waals surface area contributed by atoms with Gasteiger partial charge in [0.1, 0.15) is 5.82 Å². The summed E-state index contributed by atoms with van der Waals surface area (Å²) < 4.78 is 3.85. The van der Waals surface area contributed by atoms with E-state index in [1.807, 2.05) is 0 Å². The van der Waals surface area contributed by atoms with Crippen LogP contribution >= 0.6 is 11.5 Å². The summed E-state index contributed by atoms with van der Waals surface area (Å²) in [6, 6.07) is 0. The highest BCUT2D eigenvalue weighted by atomic mass is 32.1. The van der Waals surface area contributed by atoms with Crippen molar-refractivity contribution in [3.8, 4) is 0 Å². The van der Waals surface area contributed by atoms with E-state index in [9.17, 15) is 0 Å². The Bertz CT molecular complexity index is 188. The van der Waals surface area contributed by atoms with Crippen molar-refractivity contribution in [1.29, 1.82) is 0 Å². The monoisotopic (exact) mass is 146 g/mol. The molecular formula is C3H6N4OS. The summed E-state index contributed by atoms with van der Waals surface area (Å²) in [6.07, 6.45) is 0. The summed E-state index contributed by atoms with van der Waals surface area (Å²) in [5.41, 5.74) is 4.13. The molecule has 1 aromatic rings. The molecule has 0 aliphatic carbocycles. The van der Waals surface area contributed by atoms with Gasteiger partial charge in [0, 0.05) is 11.5 Å². The lowest BCUT2D eigenvalue weighted by Gasteiger charge is -1.91. The summed E-state index contributed by atoms with van der Waals surface area (Å²) in [5.74, 6) is 0.692. The van der Waals surface area contributed by atoms with Crippen LogP contribution in [0.3, 0.4) is 0 Å². The van der Waals surface area contributed by atoms with Crippen LogP contribution in [0.2, 0.25) is 0 Å². The molecule has 9 heavy (non-hydrogen) atoms. The van der Waals surface area contributed by atoms with Crippen molar-refractivity contribution in [2.75, 3.05) is 5.43 Å². The van der Waals surface area contributed by atoms with Crippen molar-refractivity contribution < 1.29 is 5.21 Å². The van der Waals surface area contributed by atoms with E-state index >= 15 is 0 Å². The Hall–Kier alpha value is -0.720. The van der Waals surface area contributed by atoms with Crippen molar-refractivity contribution in [1.82, 2.24) is 14.9 Å². The molecule has 0 spiro atoms. The highest BCUT2D eigenvalue weighted by Crippen LogP contribution is 2.07. The van der Waals surface area contributed by atoms with Gasteiger partial charge in [-0.1, -0.05) is 0 Å². The fraction of sp³-hybridized carbons (Fsp3) is 0.333. The maximum absolute atomic E-state index is 8.11. The van der Waals surface area contributed by atoms with Gasteiger partial charge in [0.05, 0.1) is 0 Å². The molecule has 3 N–H and O–H groups in total. The van der Waals surface area contributed by atoms with E-state index in [2.05, 4.69) is 14.8 Å². The molecule has 6 heteroatoms. The molecule has 1 heterocycles. The number of nitrogens with zero attached hydrogens (tertiary/aromatic N) is 2. The molecule has 0 saturated heterocycles. The highest BCUT2D eigenvalue weighted by Gasteiger charge is 1.94. The third kappa shape index (κ3) is 1.60. The summed E-state index contributed by atoms with van der Waals surface area (Å²) in [4.78, 5) is 3.87. The normalized spacial score (nSPS) is 9.56. The average molecular weight is 146 g/mol. The smallest absolute Gasteiger partial charge is 0.218 e. The number of aromatic nitrogens is 2. The lowest BCUT2D eigenvalue weighted by atomic mass is 10.8. The minimum Gasteiger partial charge on any atom is -0.297 e. The summed E-state index contributed by atoms with van der Waals surface area (Å²) in [5, 5.41) is 8.66. The van der Waals surface area contributed by atoms with Gasteiger partial charge in [-0.3, -0.25) is 10.6 Å². The third-order valence-electron chi connectivity index (χ3n) is 0.690. The van der Waals surface area contributed by atoms with E-state index in [4.69, 9.17) is 5.21 Å². The Labute approximate surface area is 55.8 Å². The minimum atomic E-state index is 0.551. The lowest BCUT2D eigenvalue weighted by Crippen LogP contribution is -2.15. The second-order valence-corrected chi connectivity index (χ2v) is 2.14. The van der Waals surface area contributed by atoms with Gasteiger partial charge >= 0.3 is 0 Å². The van der Waals surface area contributed by atoms with E-state index in [-0.39, 0.29) is 0 Å². The number of aryl methyl sites for hydroxylation is 1. The maximum Gasteiger partial charge on any atom is 0.218 e. The van der Waals surface area contributed by atoms with E-state index in [0.29, 0.717) is 11.0 Å². The molecule has 0 amide bonds. The van der Waals surface area contributed by atoms with Gasteiger partial charge in [0.2, 0.25) is 5.13 Å². The Morgan fingerprint density at radius 3 is 2.89 bits per heavy atom. The lowest BCUT2D eigenvalue weighted by molar-refractivity contribution is 0.192. The Balaban J connectivity index is 2.61. The predicted octanol–water partition coefficient (Wildman–Crippen LogP) is 0.152. The van der Waals surface area contributed by atoms with Crippen molar-refractivity contribution in [2.24, 2.45) is 0 Å². The molecular weight excluding hydrogens is 140 g/mol. The van der Waals surface area contributed by atoms with Crippen LogP contribution in [-0.4, -0.2) is 14.6 Å². The predicted molar refractivity (Wildman–Crippen MR) is 33.2 cm³/mol. The molecule has 0 radical (unpaired) electrons. The number of anilines is 1. The van der Waals surface area contributed by atoms with Gasteiger partial charge in [-0.2, -0.15) is 4.37 Å². The Morgan fingerprint density at radius 2 is 2.44 bits per heavy atom. The van der Waals surface area contributed by atoms with Crippen molar-refractivity contribution in [3.63, 3.8) is 0 Å². The zero-order valence-electron chi connectivity index (χ0n) is 4.75. The molecule has 0 fully saturated rings. The molecule has 5 nitrogen and oxygen atoms in total. The van der Waals surface area contributed by atoms with E-state index in [1.54, 1.807) is 12.5 Å². The maximum atomic E-state index is 8.11. The first-order chi connectivity index (χ1) is 4.33. The van der Waals surface area contributed by atoms with Crippen LogP contribution in [0, 0.1) is 6.92 Å². The third-order valence-corrected chi connectivity index (χ3v) is 1.41. The van der Waals surface area contributed by atoms with Crippen LogP contribution in [0.15, 0.2) is 0 Å². The Morgan fingerprint density at radius 1 is 1.67 bits per heavy atom. The molecule has 1 aromatic heterocycles. The van der Waals surface area contributed by atoms with Crippen molar-refractivity contribution in [3.05, 3.63) is 5.82 Å². The largest absolute Gasteiger partial charge is 0.297 e. The fourth-order valence-electron chi connectivity index (χ4n) is 0.396. The second kappa shape index (κ2) is 2.72. The zero-order valence-corrected chi connectivity index (χ0v) is 5.57. The summed E-state index contributed by atoms with van der Waals surface area (Å²) >= 11 is 1.18. The van der Waals surface area contributed by atoms with Gasteiger partial charge in [-0.25, -0.2) is 4.98 Å². The summed E-state index contributed by atoms with van der Waals surface area (Å²) in [6.45, 7) is 1.78. The molecule has 0 aliphatic heterocycles. The van der Waals surface area contributed by atoms with Gasteiger partial charge in [0.15, 0.2) is 0 Å². The van der Waals surface area contributed by atoms with Crippen molar-refractivity contribution >= 4 is 16.7 Å². The second-order valence-electron chi connectivity index (χ2n) is 1.38. The van der Waals surface area contributed by atoms with Gasteiger partial charge in [0.25, 0.3) is 0 Å². The molecule has 0 aliphatic rings. The first kappa shape index (κ1) is 6.40. The zero-order chi connectivity index (χ0) is 6.69. The fourth-order valence-corrected chi connectivity index (χ4v) is 0.919. The van der Waals surface area contributed by atoms with E-state index in [0.717, 1.165) is 0 Å².